The molecular weight excluding hydrogens is 398 g/mol. The van der Waals surface area contributed by atoms with Gasteiger partial charge in [-0.25, -0.2) is 0 Å². The lowest BCUT2D eigenvalue weighted by Crippen LogP contribution is -2.37. The first-order chi connectivity index (χ1) is 15.5. The summed E-state index contributed by atoms with van der Waals surface area (Å²) in [4.78, 5) is 30.7. The third-order valence-corrected chi connectivity index (χ3v) is 6.12. The number of nitrogens with one attached hydrogen (secondary N) is 1. The SMILES string of the molecule is CCN(CC)c1ccc(NC(=O)C(c2ccccc2)N2Cc3ccccc3C2=O)c(C)c1. The fraction of sp³-hybridized carbons (Fsp3) is 0.259. The molecule has 0 fully saturated rings. The van der Waals surface area contributed by atoms with Crippen molar-refractivity contribution in [2.75, 3.05) is 23.3 Å². The van der Waals surface area contributed by atoms with Crippen LogP contribution < -0.4 is 10.2 Å². The minimum Gasteiger partial charge on any atom is -0.372 e. The zero-order valence-corrected chi connectivity index (χ0v) is 18.8. The van der Waals surface area contributed by atoms with Gasteiger partial charge in [-0.2, -0.15) is 0 Å². The van der Waals surface area contributed by atoms with Crippen LogP contribution in [0.5, 0.6) is 0 Å². The van der Waals surface area contributed by atoms with E-state index in [1.54, 1.807) is 4.90 Å². The van der Waals surface area contributed by atoms with Gasteiger partial charge in [-0.15, -0.1) is 0 Å². The van der Waals surface area contributed by atoms with E-state index in [2.05, 4.69) is 30.1 Å². The smallest absolute Gasteiger partial charge is 0.255 e. The third-order valence-electron chi connectivity index (χ3n) is 6.12. The highest BCUT2D eigenvalue weighted by molar-refractivity contribution is 6.04. The molecule has 0 aromatic heterocycles. The van der Waals surface area contributed by atoms with E-state index in [0.29, 0.717) is 12.1 Å². The third kappa shape index (κ3) is 4.11. The van der Waals surface area contributed by atoms with Gasteiger partial charge in [0, 0.05) is 36.6 Å². The predicted octanol–water partition coefficient (Wildman–Crippen LogP) is 5.18. The largest absolute Gasteiger partial charge is 0.372 e. The van der Waals surface area contributed by atoms with Gasteiger partial charge in [-0.1, -0.05) is 48.5 Å². The molecule has 0 saturated carbocycles. The second-order valence-electron chi connectivity index (χ2n) is 8.06. The maximum absolute atomic E-state index is 13.6. The molecule has 5 nitrogen and oxygen atoms in total. The van der Waals surface area contributed by atoms with Crippen LogP contribution in [0, 0.1) is 6.92 Å². The van der Waals surface area contributed by atoms with Crippen LogP contribution in [0.25, 0.3) is 0 Å². The second kappa shape index (κ2) is 9.27. The molecule has 1 aliphatic heterocycles. The fourth-order valence-corrected chi connectivity index (χ4v) is 4.37. The molecule has 0 spiro atoms. The Balaban J connectivity index is 1.63. The number of anilines is 2. The minimum atomic E-state index is -0.710. The molecule has 1 atom stereocenters. The van der Waals surface area contributed by atoms with Crippen molar-refractivity contribution in [1.82, 2.24) is 4.90 Å². The summed E-state index contributed by atoms with van der Waals surface area (Å²) in [5.41, 5.74) is 5.30. The van der Waals surface area contributed by atoms with Gasteiger partial charge >= 0.3 is 0 Å². The molecule has 3 aromatic carbocycles. The molecule has 0 saturated heterocycles. The molecule has 0 bridgehead atoms. The standard InChI is InChI=1S/C27H29N3O2/c1-4-29(5-2)22-15-16-24(19(3)17-22)28-26(31)25(20-11-7-6-8-12-20)30-18-21-13-9-10-14-23(21)27(30)32/h6-17,25H,4-5,18H2,1-3H3,(H,28,31). The molecule has 164 valence electrons. The first kappa shape index (κ1) is 21.6. The van der Waals surface area contributed by atoms with Gasteiger partial charge in [0.2, 0.25) is 0 Å². The van der Waals surface area contributed by atoms with Crippen molar-refractivity contribution in [2.45, 2.75) is 33.4 Å². The summed E-state index contributed by atoms with van der Waals surface area (Å²) in [7, 11) is 0. The number of carbonyl (C=O) groups excluding carboxylic acids is 2. The van der Waals surface area contributed by atoms with E-state index in [0.717, 1.165) is 41.2 Å². The van der Waals surface area contributed by atoms with E-state index in [4.69, 9.17) is 0 Å². The molecule has 0 radical (unpaired) electrons. The Labute approximate surface area is 189 Å². The highest BCUT2D eigenvalue weighted by atomic mass is 16.2. The Morgan fingerprint density at radius 2 is 1.69 bits per heavy atom. The van der Waals surface area contributed by atoms with Crippen molar-refractivity contribution in [3.05, 3.63) is 95.1 Å². The monoisotopic (exact) mass is 427 g/mol. The first-order valence-electron chi connectivity index (χ1n) is 11.1. The topological polar surface area (TPSA) is 52.7 Å². The van der Waals surface area contributed by atoms with Crippen molar-refractivity contribution in [2.24, 2.45) is 0 Å². The van der Waals surface area contributed by atoms with Gasteiger partial charge in [0.1, 0.15) is 6.04 Å². The van der Waals surface area contributed by atoms with Crippen LogP contribution >= 0.6 is 0 Å². The number of fused-ring (bicyclic) bond motifs is 1. The zero-order valence-electron chi connectivity index (χ0n) is 18.8. The van der Waals surface area contributed by atoms with E-state index in [-0.39, 0.29) is 11.8 Å². The number of aryl methyl sites for hydroxylation is 1. The van der Waals surface area contributed by atoms with Crippen molar-refractivity contribution in [3.63, 3.8) is 0 Å². The first-order valence-corrected chi connectivity index (χ1v) is 11.1. The van der Waals surface area contributed by atoms with Gasteiger partial charge in [0.15, 0.2) is 0 Å². The van der Waals surface area contributed by atoms with Gasteiger partial charge in [-0.05, 0) is 61.7 Å². The molecule has 1 unspecified atom stereocenters. The number of amides is 2. The highest BCUT2D eigenvalue weighted by Crippen LogP contribution is 2.33. The number of hydrogen-bond donors (Lipinski definition) is 1. The lowest BCUT2D eigenvalue weighted by atomic mass is 10.0. The van der Waals surface area contributed by atoms with Crippen LogP contribution in [0.2, 0.25) is 0 Å². The van der Waals surface area contributed by atoms with Crippen LogP contribution in [0.1, 0.15) is 46.9 Å². The summed E-state index contributed by atoms with van der Waals surface area (Å²) < 4.78 is 0. The lowest BCUT2D eigenvalue weighted by Gasteiger charge is -2.28. The van der Waals surface area contributed by atoms with E-state index in [1.807, 2.05) is 73.7 Å². The maximum atomic E-state index is 13.6. The predicted molar refractivity (Wildman–Crippen MR) is 129 cm³/mol. The van der Waals surface area contributed by atoms with Crippen LogP contribution in [-0.2, 0) is 11.3 Å². The average molecular weight is 428 g/mol. The number of benzene rings is 3. The number of carbonyl (C=O) groups is 2. The van der Waals surface area contributed by atoms with Crippen molar-refractivity contribution < 1.29 is 9.59 Å². The summed E-state index contributed by atoms with van der Waals surface area (Å²) in [6.07, 6.45) is 0. The molecular formula is C27H29N3O2. The van der Waals surface area contributed by atoms with E-state index in [1.165, 1.54) is 0 Å². The Kier molecular flexibility index (Phi) is 6.26. The molecule has 3 aromatic rings. The number of rotatable bonds is 7. The molecule has 1 N–H and O–H groups in total. The van der Waals surface area contributed by atoms with Gasteiger partial charge in [-0.3, -0.25) is 9.59 Å². The second-order valence-corrected chi connectivity index (χ2v) is 8.06. The summed E-state index contributed by atoms with van der Waals surface area (Å²) in [5, 5.41) is 3.08. The molecule has 5 heteroatoms. The van der Waals surface area contributed by atoms with Crippen LogP contribution in [-0.4, -0.2) is 29.8 Å². The van der Waals surface area contributed by atoms with Crippen molar-refractivity contribution in [1.29, 1.82) is 0 Å². The molecule has 1 heterocycles. The highest BCUT2D eigenvalue weighted by Gasteiger charge is 2.37. The quantitative estimate of drug-likeness (QED) is 0.565. The normalized spacial score (nSPS) is 13.6. The lowest BCUT2D eigenvalue weighted by molar-refractivity contribution is -0.120. The van der Waals surface area contributed by atoms with Crippen molar-refractivity contribution in [3.8, 4) is 0 Å². The van der Waals surface area contributed by atoms with Crippen LogP contribution in [0.15, 0.2) is 72.8 Å². The van der Waals surface area contributed by atoms with E-state index >= 15 is 0 Å². The van der Waals surface area contributed by atoms with Crippen molar-refractivity contribution >= 4 is 23.2 Å². The zero-order chi connectivity index (χ0) is 22.7. The number of hydrogen-bond acceptors (Lipinski definition) is 3. The van der Waals surface area contributed by atoms with Gasteiger partial charge in [0.05, 0.1) is 0 Å². The molecule has 32 heavy (non-hydrogen) atoms. The van der Waals surface area contributed by atoms with E-state index in [9.17, 15) is 9.59 Å². The molecule has 1 aliphatic rings. The average Bonchev–Trinajstić information content (AvgIpc) is 3.13. The summed E-state index contributed by atoms with van der Waals surface area (Å²) >= 11 is 0. The molecule has 4 rings (SSSR count). The Bertz CT molecular complexity index is 1120. The molecule has 0 aliphatic carbocycles. The summed E-state index contributed by atoms with van der Waals surface area (Å²) in [5.74, 6) is -0.325. The van der Waals surface area contributed by atoms with Crippen LogP contribution in [0.3, 0.4) is 0 Å². The Hall–Kier alpha value is -3.60. The maximum Gasteiger partial charge on any atom is 0.255 e. The van der Waals surface area contributed by atoms with Crippen LogP contribution in [0.4, 0.5) is 11.4 Å². The van der Waals surface area contributed by atoms with Gasteiger partial charge < -0.3 is 15.1 Å². The van der Waals surface area contributed by atoms with Gasteiger partial charge in [0.25, 0.3) is 11.8 Å². The minimum absolute atomic E-state index is 0.113. The fourth-order valence-electron chi connectivity index (χ4n) is 4.37. The summed E-state index contributed by atoms with van der Waals surface area (Å²) in [6, 6.07) is 22.4. The summed E-state index contributed by atoms with van der Waals surface area (Å²) in [6.45, 7) is 8.53. The molecule has 2 amide bonds. The Morgan fingerprint density at radius 3 is 2.34 bits per heavy atom. The van der Waals surface area contributed by atoms with E-state index < -0.39 is 6.04 Å². The Morgan fingerprint density at radius 1 is 1.00 bits per heavy atom. The number of nitrogens with zero attached hydrogens (tertiary/aromatic N) is 2.